The Morgan fingerprint density at radius 1 is 1.28 bits per heavy atom. The molecule has 0 radical (unpaired) electrons. The topological polar surface area (TPSA) is 49.8 Å². The molecule has 0 atom stereocenters. The Morgan fingerprint density at radius 3 is 2.72 bits per heavy atom. The van der Waals surface area contributed by atoms with Crippen molar-refractivity contribution >= 4 is 5.96 Å². The van der Waals surface area contributed by atoms with Gasteiger partial charge in [0.05, 0.1) is 6.54 Å². The molecule has 2 rings (SSSR count). The fourth-order valence-electron chi connectivity index (χ4n) is 2.41. The monoisotopic (exact) mass is 344 g/mol. The van der Waals surface area contributed by atoms with Crippen LogP contribution in [-0.4, -0.2) is 49.6 Å². The van der Waals surface area contributed by atoms with E-state index in [9.17, 15) is 4.39 Å². The molecule has 2 aromatic rings. The van der Waals surface area contributed by atoms with E-state index in [1.807, 2.05) is 30.4 Å². The van der Waals surface area contributed by atoms with Gasteiger partial charge in [-0.05, 0) is 54.8 Å². The zero-order chi connectivity index (χ0) is 18.1. The summed E-state index contributed by atoms with van der Waals surface area (Å²) in [7, 11) is 3.72. The van der Waals surface area contributed by atoms with Crippen LogP contribution in [0.3, 0.4) is 0 Å². The molecular weight excluding hydrogens is 319 g/mol. The van der Waals surface area contributed by atoms with Crippen molar-refractivity contribution in [1.29, 1.82) is 0 Å². The second-order valence-corrected chi connectivity index (χ2v) is 5.75. The average molecular weight is 344 g/mol. The Bertz CT molecular complexity index is 688. The molecule has 1 aromatic carbocycles. The standard InChI is InChI=1S/C19H25FN4O/c1-15-14-22-10-8-16(15)9-11-23-19(21-2)24(3)12-13-25-18-6-4-17(20)5-7-18/h4-8,10,14H,9,11-13H2,1-3H3,(H,21,23). The van der Waals surface area contributed by atoms with Crippen LogP contribution in [0.25, 0.3) is 0 Å². The zero-order valence-electron chi connectivity index (χ0n) is 15.0. The number of hydrogen-bond donors (Lipinski definition) is 1. The lowest BCUT2D eigenvalue weighted by atomic mass is 10.1. The average Bonchev–Trinajstić information content (AvgIpc) is 2.62. The molecule has 0 aliphatic rings. The Balaban J connectivity index is 1.74. The van der Waals surface area contributed by atoms with Gasteiger partial charge >= 0.3 is 0 Å². The molecule has 1 heterocycles. The Hall–Kier alpha value is -2.63. The largest absolute Gasteiger partial charge is 0.492 e. The van der Waals surface area contributed by atoms with Crippen LogP contribution < -0.4 is 10.1 Å². The Morgan fingerprint density at radius 2 is 2.04 bits per heavy atom. The van der Waals surface area contributed by atoms with Crippen LogP contribution in [0.1, 0.15) is 11.1 Å². The molecule has 0 unspecified atom stereocenters. The van der Waals surface area contributed by atoms with Crippen LogP contribution in [0.5, 0.6) is 5.75 Å². The highest BCUT2D eigenvalue weighted by Gasteiger charge is 2.06. The smallest absolute Gasteiger partial charge is 0.193 e. The zero-order valence-corrected chi connectivity index (χ0v) is 15.0. The van der Waals surface area contributed by atoms with Crippen molar-refractivity contribution in [2.75, 3.05) is 33.8 Å². The minimum atomic E-state index is -0.265. The van der Waals surface area contributed by atoms with E-state index in [2.05, 4.69) is 22.2 Å². The molecule has 0 amide bonds. The normalized spacial score (nSPS) is 11.3. The summed E-state index contributed by atoms with van der Waals surface area (Å²) < 4.78 is 18.5. The molecular formula is C19H25FN4O. The highest BCUT2D eigenvalue weighted by Crippen LogP contribution is 2.10. The van der Waals surface area contributed by atoms with Gasteiger partial charge in [0, 0.05) is 33.0 Å². The first-order valence-electron chi connectivity index (χ1n) is 8.30. The molecule has 0 saturated carbocycles. The number of hydrogen-bond acceptors (Lipinski definition) is 3. The van der Waals surface area contributed by atoms with Crippen molar-refractivity contribution < 1.29 is 9.13 Å². The van der Waals surface area contributed by atoms with E-state index in [0.29, 0.717) is 18.9 Å². The van der Waals surface area contributed by atoms with Crippen molar-refractivity contribution in [3.05, 3.63) is 59.7 Å². The highest BCUT2D eigenvalue weighted by atomic mass is 19.1. The number of likely N-dealkylation sites (N-methyl/N-ethyl adjacent to an activating group) is 1. The van der Waals surface area contributed by atoms with Gasteiger partial charge in [0.1, 0.15) is 18.2 Å². The van der Waals surface area contributed by atoms with E-state index in [1.54, 1.807) is 19.2 Å². The van der Waals surface area contributed by atoms with Crippen LogP contribution in [0, 0.1) is 12.7 Å². The summed E-state index contributed by atoms with van der Waals surface area (Å²) >= 11 is 0. The van der Waals surface area contributed by atoms with E-state index < -0.39 is 0 Å². The number of aryl methyl sites for hydroxylation is 1. The van der Waals surface area contributed by atoms with Gasteiger partial charge in [-0.2, -0.15) is 0 Å². The number of benzene rings is 1. The van der Waals surface area contributed by atoms with Gasteiger partial charge in [0.2, 0.25) is 0 Å². The minimum Gasteiger partial charge on any atom is -0.492 e. The summed E-state index contributed by atoms with van der Waals surface area (Å²) in [4.78, 5) is 10.4. The molecule has 1 aromatic heterocycles. The minimum absolute atomic E-state index is 0.265. The number of ether oxygens (including phenoxy) is 1. The van der Waals surface area contributed by atoms with Crippen molar-refractivity contribution in [3.8, 4) is 5.75 Å². The van der Waals surface area contributed by atoms with Crippen LogP contribution in [0.2, 0.25) is 0 Å². The van der Waals surface area contributed by atoms with Gasteiger partial charge in [0.25, 0.3) is 0 Å². The van der Waals surface area contributed by atoms with Crippen LogP contribution in [0.15, 0.2) is 47.7 Å². The van der Waals surface area contributed by atoms with E-state index in [4.69, 9.17) is 4.74 Å². The summed E-state index contributed by atoms with van der Waals surface area (Å²) in [6, 6.07) is 8.07. The number of halogens is 1. The number of rotatable bonds is 7. The second kappa shape index (κ2) is 9.61. The summed E-state index contributed by atoms with van der Waals surface area (Å²) in [6.45, 7) is 4.02. The van der Waals surface area contributed by atoms with Crippen molar-refractivity contribution in [2.24, 2.45) is 4.99 Å². The molecule has 0 spiro atoms. The van der Waals surface area contributed by atoms with Gasteiger partial charge in [0.15, 0.2) is 5.96 Å². The summed E-state index contributed by atoms with van der Waals surface area (Å²) in [6.07, 6.45) is 4.60. The van der Waals surface area contributed by atoms with Crippen molar-refractivity contribution in [2.45, 2.75) is 13.3 Å². The molecule has 1 N–H and O–H groups in total. The molecule has 0 fully saturated rings. The lowest BCUT2D eigenvalue weighted by Crippen LogP contribution is -2.41. The number of pyridine rings is 1. The van der Waals surface area contributed by atoms with Crippen molar-refractivity contribution in [3.63, 3.8) is 0 Å². The maximum atomic E-state index is 12.9. The Kier molecular flexibility index (Phi) is 7.19. The molecule has 0 bridgehead atoms. The summed E-state index contributed by atoms with van der Waals surface area (Å²) in [5.41, 5.74) is 2.47. The van der Waals surface area contributed by atoms with E-state index >= 15 is 0 Å². The van der Waals surface area contributed by atoms with Crippen LogP contribution in [0.4, 0.5) is 4.39 Å². The SMILES string of the molecule is CN=C(NCCc1ccncc1C)N(C)CCOc1ccc(F)cc1. The third-order valence-electron chi connectivity index (χ3n) is 3.90. The molecule has 6 heteroatoms. The number of aromatic nitrogens is 1. The predicted octanol–water partition coefficient (Wildman–Crippen LogP) is 2.66. The first-order chi connectivity index (χ1) is 12.1. The van der Waals surface area contributed by atoms with Gasteiger partial charge in [-0.1, -0.05) is 0 Å². The first kappa shape index (κ1) is 18.7. The molecule has 134 valence electrons. The molecule has 5 nitrogen and oxygen atoms in total. The third-order valence-corrected chi connectivity index (χ3v) is 3.90. The van der Waals surface area contributed by atoms with Gasteiger partial charge in [-0.25, -0.2) is 4.39 Å². The fourth-order valence-corrected chi connectivity index (χ4v) is 2.41. The molecule has 25 heavy (non-hydrogen) atoms. The summed E-state index contributed by atoms with van der Waals surface area (Å²) in [5, 5.41) is 3.35. The molecule has 0 aliphatic carbocycles. The molecule has 0 saturated heterocycles. The van der Waals surface area contributed by atoms with Gasteiger partial charge < -0.3 is 15.0 Å². The number of guanidine groups is 1. The lowest BCUT2D eigenvalue weighted by Gasteiger charge is -2.22. The highest BCUT2D eigenvalue weighted by molar-refractivity contribution is 5.79. The van der Waals surface area contributed by atoms with Gasteiger partial charge in [-0.15, -0.1) is 0 Å². The number of nitrogens with one attached hydrogen (secondary N) is 1. The van der Waals surface area contributed by atoms with Crippen LogP contribution in [-0.2, 0) is 6.42 Å². The quantitative estimate of drug-likeness (QED) is 0.620. The fraction of sp³-hybridized carbons (Fsp3) is 0.368. The molecule has 0 aliphatic heterocycles. The maximum Gasteiger partial charge on any atom is 0.193 e. The van der Waals surface area contributed by atoms with Crippen LogP contribution >= 0.6 is 0 Å². The maximum absolute atomic E-state index is 12.9. The second-order valence-electron chi connectivity index (χ2n) is 5.75. The third kappa shape index (κ3) is 6.06. The lowest BCUT2D eigenvalue weighted by molar-refractivity contribution is 0.281. The summed E-state index contributed by atoms with van der Waals surface area (Å²) in [5.74, 6) is 1.21. The Labute approximate surface area is 148 Å². The van der Waals surface area contributed by atoms with E-state index in [1.165, 1.54) is 23.3 Å². The van der Waals surface area contributed by atoms with E-state index in [-0.39, 0.29) is 5.82 Å². The number of nitrogens with zero attached hydrogens (tertiary/aromatic N) is 3. The van der Waals surface area contributed by atoms with Crippen molar-refractivity contribution in [1.82, 2.24) is 15.2 Å². The predicted molar refractivity (Wildman–Crippen MR) is 98.6 cm³/mol. The number of aliphatic imine (C=N–C) groups is 1. The first-order valence-corrected chi connectivity index (χ1v) is 8.30. The van der Waals surface area contributed by atoms with Gasteiger partial charge in [-0.3, -0.25) is 9.98 Å². The van der Waals surface area contributed by atoms with E-state index in [0.717, 1.165) is 18.9 Å².